The van der Waals surface area contributed by atoms with Gasteiger partial charge in [0, 0.05) is 17.7 Å². The normalized spacial score (nSPS) is 20.3. The largest absolute Gasteiger partial charge is 0.497 e. The van der Waals surface area contributed by atoms with Crippen molar-refractivity contribution >= 4 is 29.6 Å². The van der Waals surface area contributed by atoms with Crippen LogP contribution >= 0.6 is 12.4 Å². The highest BCUT2D eigenvalue weighted by Gasteiger charge is 2.38. The first-order chi connectivity index (χ1) is 12.5. The number of Topliss-reactive ketones (excluding diaryl/α,β-unsaturated/α-hetero) is 1. The summed E-state index contributed by atoms with van der Waals surface area (Å²) < 4.78 is 5.28. The molecule has 0 fully saturated rings. The summed E-state index contributed by atoms with van der Waals surface area (Å²) in [5, 5.41) is 7.13. The van der Waals surface area contributed by atoms with Crippen molar-refractivity contribution in [2.24, 2.45) is 5.41 Å². The highest BCUT2D eigenvalue weighted by Crippen LogP contribution is 2.45. The van der Waals surface area contributed by atoms with Crippen LogP contribution in [0.25, 0.3) is 0 Å². The molecule has 4 nitrogen and oxygen atoms in total. The number of rotatable bonds is 2. The van der Waals surface area contributed by atoms with Crippen LogP contribution in [0.3, 0.4) is 0 Å². The zero-order chi connectivity index (χ0) is 18.3. The Bertz CT molecular complexity index is 887. The third-order valence-corrected chi connectivity index (χ3v) is 5.17. The fourth-order valence-corrected chi connectivity index (χ4v) is 3.94. The number of para-hydroxylation sites is 2. The number of ketones is 1. The van der Waals surface area contributed by atoms with Gasteiger partial charge in [-0.1, -0.05) is 38.1 Å². The zero-order valence-corrected chi connectivity index (χ0v) is 16.7. The van der Waals surface area contributed by atoms with Crippen LogP contribution in [0.4, 0.5) is 11.4 Å². The first kappa shape index (κ1) is 19.3. The second kappa shape index (κ2) is 7.28. The smallest absolute Gasteiger partial charge is 0.163 e. The number of allylic oxidation sites excluding steroid dienone is 1. The van der Waals surface area contributed by atoms with Crippen LogP contribution in [0.5, 0.6) is 5.75 Å². The maximum absolute atomic E-state index is 13.1. The van der Waals surface area contributed by atoms with Gasteiger partial charge in [-0.05, 0) is 41.7 Å². The van der Waals surface area contributed by atoms with E-state index in [0.29, 0.717) is 6.42 Å². The molecule has 1 heterocycles. The van der Waals surface area contributed by atoms with E-state index in [-0.39, 0.29) is 29.6 Å². The maximum Gasteiger partial charge on any atom is 0.163 e. The molecule has 2 N–H and O–H groups in total. The van der Waals surface area contributed by atoms with Crippen LogP contribution in [-0.4, -0.2) is 12.9 Å². The monoisotopic (exact) mass is 384 g/mol. The molecule has 0 bridgehead atoms. The Morgan fingerprint density at radius 1 is 1.00 bits per heavy atom. The summed E-state index contributed by atoms with van der Waals surface area (Å²) in [6.45, 7) is 4.31. The predicted molar refractivity (Wildman–Crippen MR) is 112 cm³/mol. The van der Waals surface area contributed by atoms with Crippen LogP contribution in [0, 0.1) is 5.41 Å². The summed E-state index contributed by atoms with van der Waals surface area (Å²) in [5.41, 5.74) is 4.93. The molecule has 1 unspecified atom stereocenters. The zero-order valence-electron chi connectivity index (χ0n) is 15.8. The molecule has 1 aliphatic heterocycles. The predicted octanol–water partition coefficient (Wildman–Crippen LogP) is 5.34. The van der Waals surface area contributed by atoms with E-state index < -0.39 is 0 Å². The van der Waals surface area contributed by atoms with Gasteiger partial charge in [0.2, 0.25) is 0 Å². The summed E-state index contributed by atoms with van der Waals surface area (Å²) in [7, 11) is 1.66. The van der Waals surface area contributed by atoms with Crippen LogP contribution < -0.4 is 15.4 Å². The first-order valence-corrected chi connectivity index (χ1v) is 9.00. The third-order valence-electron chi connectivity index (χ3n) is 5.17. The van der Waals surface area contributed by atoms with E-state index in [4.69, 9.17) is 4.74 Å². The molecule has 2 aromatic rings. The van der Waals surface area contributed by atoms with Crippen molar-refractivity contribution < 1.29 is 9.53 Å². The Balaban J connectivity index is 0.00000210. The Morgan fingerprint density at radius 3 is 2.33 bits per heavy atom. The lowest BCUT2D eigenvalue weighted by molar-refractivity contribution is -0.118. The molecule has 1 aliphatic carbocycles. The van der Waals surface area contributed by atoms with Crippen molar-refractivity contribution in [1.82, 2.24) is 0 Å². The molecule has 0 saturated carbocycles. The van der Waals surface area contributed by atoms with Crippen molar-refractivity contribution in [2.45, 2.75) is 32.7 Å². The molecule has 4 rings (SSSR count). The Labute approximate surface area is 166 Å². The molecule has 2 aromatic carbocycles. The molecule has 0 saturated heterocycles. The number of benzene rings is 2. The minimum atomic E-state index is -0.171. The van der Waals surface area contributed by atoms with Gasteiger partial charge < -0.3 is 15.4 Å². The fraction of sp³-hybridized carbons (Fsp3) is 0.318. The quantitative estimate of drug-likeness (QED) is 0.733. The molecular weight excluding hydrogens is 360 g/mol. The number of ether oxygens (including phenoxy) is 1. The molecule has 27 heavy (non-hydrogen) atoms. The van der Waals surface area contributed by atoms with E-state index in [9.17, 15) is 4.79 Å². The Kier molecular flexibility index (Phi) is 5.20. The lowest BCUT2D eigenvalue weighted by Gasteiger charge is -2.34. The van der Waals surface area contributed by atoms with E-state index >= 15 is 0 Å². The van der Waals surface area contributed by atoms with Crippen LogP contribution in [0.2, 0.25) is 0 Å². The highest BCUT2D eigenvalue weighted by atomic mass is 35.5. The number of nitrogens with one attached hydrogen (secondary N) is 2. The van der Waals surface area contributed by atoms with Crippen molar-refractivity contribution in [2.75, 3.05) is 17.7 Å². The molecule has 0 spiro atoms. The topological polar surface area (TPSA) is 50.4 Å². The fourth-order valence-electron chi connectivity index (χ4n) is 3.94. The second-order valence-corrected chi connectivity index (χ2v) is 7.85. The van der Waals surface area contributed by atoms with Gasteiger partial charge in [0.05, 0.1) is 24.5 Å². The molecule has 0 amide bonds. The average molecular weight is 385 g/mol. The molecule has 5 heteroatoms. The summed E-state index contributed by atoms with van der Waals surface area (Å²) in [4.78, 5) is 13.1. The van der Waals surface area contributed by atoms with Crippen LogP contribution in [-0.2, 0) is 4.79 Å². The molecule has 142 valence electrons. The van der Waals surface area contributed by atoms with Crippen molar-refractivity contribution in [3.63, 3.8) is 0 Å². The molecular formula is C22H25ClN2O2. The second-order valence-electron chi connectivity index (χ2n) is 7.85. The SMILES string of the molecule is COc1ccc(C2Nc3ccccc3NC3=C2C(=O)CC(C)(C)C3)cc1.Cl. The number of fused-ring (bicyclic) bond motifs is 1. The number of carbonyl (C=O) groups excluding carboxylic acids is 1. The van der Waals surface area contributed by atoms with Gasteiger partial charge in [0.1, 0.15) is 5.75 Å². The first-order valence-electron chi connectivity index (χ1n) is 9.00. The minimum Gasteiger partial charge on any atom is -0.497 e. The van der Waals surface area contributed by atoms with Gasteiger partial charge in [-0.2, -0.15) is 0 Å². The lowest BCUT2D eigenvalue weighted by Crippen LogP contribution is -2.31. The number of halogens is 1. The number of carbonyl (C=O) groups is 1. The standard InChI is InChI=1S/C22H24N2O2.ClH/c1-22(2)12-18-20(19(25)13-22)21(14-8-10-15(26-3)11-9-14)24-17-7-5-4-6-16(17)23-18;/h4-11,21,23-24H,12-13H2,1-3H3;1H. The van der Waals surface area contributed by atoms with Crippen LogP contribution in [0.15, 0.2) is 59.8 Å². The average Bonchev–Trinajstić information content (AvgIpc) is 2.77. The number of methoxy groups -OCH3 is 1. The van der Waals surface area contributed by atoms with E-state index in [1.165, 1.54) is 0 Å². The van der Waals surface area contributed by atoms with Crippen molar-refractivity contribution in [1.29, 1.82) is 0 Å². The molecule has 0 aromatic heterocycles. The lowest BCUT2D eigenvalue weighted by atomic mass is 9.73. The Hall–Kier alpha value is -2.46. The van der Waals surface area contributed by atoms with Gasteiger partial charge in [-0.3, -0.25) is 4.79 Å². The summed E-state index contributed by atoms with van der Waals surface area (Å²) in [5.74, 6) is 1.02. The summed E-state index contributed by atoms with van der Waals surface area (Å²) >= 11 is 0. The molecule has 2 aliphatic rings. The molecule has 0 radical (unpaired) electrons. The van der Waals surface area contributed by atoms with Gasteiger partial charge in [-0.25, -0.2) is 0 Å². The van der Waals surface area contributed by atoms with E-state index in [1.54, 1.807) is 7.11 Å². The number of anilines is 2. The highest BCUT2D eigenvalue weighted by molar-refractivity contribution is 6.01. The summed E-state index contributed by atoms with van der Waals surface area (Å²) in [6.07, 6.45) is 1.43. The van der Waals surface area contributed by atoms with E-state index in [2.05, 4.69) is 30.5 Å². The van der Waals surface area contributed by atoms with Gasteiger partial charge >= 0.3 is 0 Å². The summed E-state index contributed by atoms with van der Waals surface area (Å²) in [6, 6.07) is 15.9. The molecule has 1 atom stereocenters. The Morgan fingerprint density at radius 2 is 1.67 bits per heavy atom. The van der Waals surface area contributed by atoms with Crippen molar-refractivity contribution in [3.05, 3.63) is 65.4 Å². The number of hydrogen-bond acceptors (Lipinski definition) is 4. The number of hydrogen-bond donors (Lipinski definition) is 2. The van der Waals surface area contributed by atoms with E-state index in [0.717, 1.165) is 40.4 Å². The van der Waals surface area contributed by atoms with Crippen LogP contribution in [0.1, 0.15) is 38.3 Å². The maximum atomic E-state index is 13.1. The van der Waals surface area contributed by atoms with Gasteiger partial charge in [-0.15, -0.1) is 12.4 Å². The minimum absolute atomic E-state index is 0. The van der Waals surface area contributed by atoms with E-state index in [1.807, 2.05) is 42.5 Å². The van der Waals surface area contributed by atoms with Crippen molar-refractivity contribution in [3.8, 4) is 5.75 Å². The van der Waals surface area contributed by atoms with Gasteiger partial charge in [0.25, 0.3) is 0 Å². The third kappa shape index (κ3) is 3.67. The van der Waals surface area contributed by atoms with Gasteiger partial charge in [0.15, 0.2) is 5.78 Å².